The zero-order valence-electron chi connectivity index (χ0n) is 25.9. The minimum Gasteiger partial charge on any atom is -0.497 e. The largest absolute Gasteiger partial charge is 0.535 e. The molecule has 0 aliphatic carbocycles. The maximum absolute atomic E-state index is 18.0. The number of methoxy groups -OCH3 is 2. The van der Waals surface area contributed by atoms with Crippen molar-refractivity contribution in [2.24, 2.45) is 0 Å². The predicted molar refractivity (Wildman–Crippen MR) is 190 cm³/mol. The van der Waals surface area contributed by atoms with Gasteiger partial charge < -0.3 is 27.1 Å². The van der Waals surface area contributed by atoms with Gasteiger partial charge >= 0.3 is 6.97 Å². The Labute approximate surface area is 284 Å². The normalized spacial score (nSPS) is 13.1. The molecule has 0 spiro atoms. The number of rotatable bonds is 7. The Hall–Kier alpha value is -5.50. The molecule has 0 N–H and O–H groups in total. The molecule has 5 nitrogen and oxygen atoms in total. The number of halogens is 2. The lowest BCUT2D eigenvalue weighted by Crippen LogP contribution is -2.49. The van der Waals surface area contributed by atoms with E-state index in [2.05, 4.69) is 6.07 Å². The van der Waals surface area contributed by atoms with Crippen molar-refractivity contribution in [1.82, 2.24) is 8.96 Å². The standard InChI is InChI=1S/C38H26BF2N3O2S2/c1-45-28-15-11-26(12-16-28)37-30(34-5-3-19-47-34)21-32-36(25-9-7-24(23-42)8-10-25)33-22-31(35-6-4-20-48-35)38(44(33)39(40,41)43(32)37)27-13-17-29(46-2)18-14-27/h3-22H,1-2H3. The van der Waals surface area contributed by atoms with Crippen molar-refractivity contribution in [3.63, 3.8) is 0 Å². The highest BCUT2D eigenvalue weighted by atomic mass is 32.1. The second-order valence-electron chi connectivity index (χ2n) is 11.4. The topological polar surface area (TPSA) is 52.1 Å². The summed E-state index contributed by atoms with van der Waals surface area (Å²) in [7, 11) is 3.17. The first-order valence-corrected chi connectivity index (χ1v) is 17.0. The minimum absolute atomic E-state index is 0.405. The van der Waals surface area contributed by atoms with E-state index in [1.165, 1.54) is 31.6 Å². The molecule has 8 rings (SSSR count). The zero-order valence-corrected chi connectivity index (χ0v) is 27.5. The molecular weight excluding hydrogens is 643 g/mol. The molecule has 7 aromatic rings. The van der Waals surface area contributed by atoms with Crippen molar-refractivity contribution in [2.75, 3.05) is 14.2 Å². The Balaban J connectivity index is 1.49. The number of benzene rings is 3. The Bertz CT molecular complexity index is 2150. The number of thiophene rings is 2. The van der Waals surface area contributed by atoms with Crippen molar-refractivity contribution in [3.05, 3.63) is 148 Å². The van der Waals surface area contributed by atoms with Crippen molar-refractivity contribution < 1.29 is 18.1 Å². The molecule has 0 amide bonds. The molecular formula is C38H26BF2N3O2S2. The molecule has 1 aliphatic rings. The highest BCUT2D eigenvalue weighted by Crippen LogP contribution is 2.52. The summed E-state index contributed by atoms with van der Waals surface area (Å²) in [5.74, 6) is 1.93. The highest BCUT2D eigenvalue weighted by Gasteiger charge is 2.49. The second kappa shape index (κ2) is 11.6. The first-order valence-electron chi connectivity index (χ1n) is 15.2. The number of hydrogen-bond donors (Lipinski definition) is 0. The van der Waals surface area contributed by atoms with Crippen LogP contribution in [-0.4, -0.2) is 30.1 Å². The van der Waals surface area contributed by atoms with Gasteiger partial charge in [0, 0.05) is 56.5 Å². The molecule has 0 unspecified atom stereocenters. The van der Waals surface area contributed by atoms with Gasteiger partial charge in [0.05, 0.1) is 36.7 Å². The van der Waals surface area contributed by atoms with E-state index in [0.29, 0.717) is 68.0 Å². The maximum atomic E-state index is 18.0. The summed E-state index contributed by atoms with van der Waals surface area (Å²) in [6.45, 7) is -4.47. The van der Waals surface area contributed by atoms with Gasteiger partial charge in [-0.25, -0.2) is 0 Å². The summed E-state index contributed by atoms with van der Waals surface area (Å²) in [5.41, 5.74) is 5.60. The number of nitrogens with zero attached hydrogens (tertiary/aromatic N) is 3. The van der Waals surface area contributed by atoms with E-state index in [-0.39, 0.29) is 0 Å². The molecule has 234 valence electrons. The summed E-state index contributed by atoms with van der Waals surface area (Å²) >= 11 is 3.02. The van der Waals surface area contributed by atoms with Gasteiger partial charge in [0.1, 0.15) is 23.5 Å². The third kappa shape index (κ3) is 4.66. The third-order valence-corrected chi connectivity index (χ3v) is 10.6. The molecule has 1 aliphatic heterocycles. The van der Waals surface area contributed by atoms with Crippen molar-refractivity contribution >= 4 is 29.6 Å². The van der Waals surface area contributed by atoms with Crippen LogP contribution >= 0.6 is 22.7 Å². The Morgan fingerprint density at radius 1 is 0.667 bits per heavy atom. The summed E-state index contributed by atoms with van der Waals surface area (Å²) in [6, 6.07) is 35.4. The molecule has 0 bridgehead atoms. The lowest BCUT2D eigenvalue weighted by Gasteiger charge is -2.40. The first kappa shape index (κ1) is 29.9. The van der Waals surface area contributed by atoms with Crippen LogP contribution < -0.4 is 9.47 Å². The summed E-state index contributed by atoms with van der Waals surface area (Å²) in [4.78, 5) is 1.76. The lowest BCUT2D eigenvalue weighted by atomic mass is 9.81. The number of hydrogen-bond acceptors (Lipinski definition) is 5. The third-order valence-electron chi connectivity index (χ3n) is 8.81. The maximum Gasteiger partial charge on any atom is 0.535 e. The van der Waals surface area contributed by atoms with Gasteiger partial charge in [-0.1, -0.05) is 12.1 Å². The van der Waals surface area contributed by atoms with Crippen LogP contribution in [0.2, 0.25) is 0 Å². The van der Waals surface area contributed by atoms with E-state index in [9.17, 15) is 5.26 Å². The van der Waals surface area contributed by atoms with Gasteiger partial charge in [-0.3, -0.25) is 0 Å². The molecule has 48 heavy (non-hydrogen) atoms. The Morgan fingerprint density at radius 2 is 1.12 bits per heavy atom. The molecule has 5 heterocycles. The quantitative estimate of drug-likeness (QED) is 0.125. The predicted octanol–water partition coefficient (Wildman–Crippen LogP) is 10.1. The van der Waals surface area contributed by atoms with Gasteiger partial charge in [0.2, 0.25) is 0 Å². The minimum atomic E-state index is -4.47. The highest BCUT2D eigenvalue weighted by molar-refractivity contribution is 7.14. The van der Waals surface area contributed by atoms with Crippen LogP contribution in [0.25, 0.3) is 43.4 Å². The summed E-state index contributed by atoms with van der Waals surface area (Å²) in [6.07, 6.45) is 0. The van der Waals surface area contributed by atoms with E-state index in [0.717, 1.165) is 15.3 Å². The summed E-state index contributed by atoms with van der Waals surface area (Å²) < 4.78 is 49.3. The molecule has 4 aromatic heterocycles. The second-order valence-corrected chi connectivity index (χ2v) is 13.3. The fourth-order valence-corrected chi connectivity index (χ4v) is 8.15. The van der Waals surface area contributed by atoms with Crippen molar-refractivity contribution in [3.8, 4) is 61.0 Å². The van der Waals surface area contributed by atoms with Crippen LogP contribution in [0.1, 0.15) is 22.5 Å². The molecule has 0 radical (unpaired) electrons. The van der Waals surface area contributed by atoms with Crippen LogP contribution in [0.5, 0.6) is 11.5 Å². The molecule has 0 saturated carbocycles. The van der Waals surface area contributed by atoms with Crippen molar-refractivity contribution in [1.29, 1.82) is 5.26 Å². The number of aromatic nitrogens is 2. The van der Waals surface area contributed by atoms with E-state index in [1.807, 2.05) is 83.6 Å². The van der Waals surface area contributed by atoms with Crippen LogP contribution in [-0.2, 0) is 0 Å². The number of fused-ring (bicyclic) bond motifs is 2. The monoisotopic (exact) mass is 669 g/mol. The fourth-order valence-electron chi connectivity index (χ4n) is 6.66. The van der Waals surface area contributed by atoms with Gasteiger partial charge in [0.15, 0.2) is 0 Å². The molecule has 0 atom stereocenters. The number of ether oxygens (including phenoxy) is 2. The van der Waals surface area contributed by atoms with E-state index in [1.54, 1.807) is 50.6 Å². The Morgan fingerprint density at radius 3 is 1.50 bits per heavy atom. The van der Waals surface area contributed by atoms with Crippen LogP contribution in [0.3, 0.4) is 0 Å². The molecule has 3 aromatic carbocycles. The van der Waals surface area contributed by atoms with E-state index < -0.39 is 6.97 Å². The van der Waals surface area contributed by atoms with Crippen LogP contribution in [0.4, 0.5) is 8.63 Å². The molecule has 10 heteroatoms. The van der Waals surface area contributed by atoms with Crippen LogP contribution in [0.15, 0.2) is 120 Å². The van der Waals surface area contributed by atoms with Crippen molar-refractivity contribution in [2.45, 2.75) is 0 Å². The average Bonchev–Trinajstić information content (AvgIpc) is 3.95. The molecule has 0 fully saturated rings. The lowest BCUT2D eigenvalue weighted by molar-refractivity contribution is 0.415. The van der Waals surface area contributed by atoms with Gasteiger partial charge in [-0.15, -0.1) is 22.7 Å². The Kier molecular flexibility index (Phi) is 7.24. The van der Waals surface area contributed by atoms with E-state index in [4.69, 9.17) is 9.47 Å². The molecule has 0 saturated heterocycles. The SMILES string of the molecule is COc1ccc(-c2c(-c3cccs3)cc3n2[B-](F)(F)n2c(cc(-c4cccs4)c2-c2ccc(OC)cc2)[C+]3c2ccc(C#N)cc2)cc1. The fraction of sp³-hybridized carbons (Fsp3) is 0.0526. The zero-order chi connectivity index (χ0) is 33.0. The average molecular weight is 670 g/mol. The smallest absolute Gasteiger partial charge is 0.497 e. The van der Waals surface area contributed by atoms with Gasteiger partial charge in [0.25, 0.3) is 0 Å². The van der Waals surface area contributed by atoms with Gasteiger partial charge in [-0.2, -0.15) is 5.26 Å². The summed E-state index contributed by atoms with van der Waals surface area (Å²) in [5, 5.41) is 13.5. The first-order chi connectivity index (χ1) is 23.4. The van der Waals surface area contributed by atoms with Crippen LogP contribution in [0, 0.1) is 17.2 Å². The van der Waals surface area contributed by atoms with E-state index >= 15 is 8.63 Å². The van der Waals surface area contributed by atoms with Gasteiger partial charge in [-0.05, 0) is 94.7 Å². The number of nitriles is 1.